The molecule has 1 aliphatic carbocycles. The van der Waals surface area contributed by atoms with Crippen LogP contribution in [0.25, 0.3) is 0 Å². The van der Waals surface area contributed by atoms with Crippen LogP contribution in [0.3, 0.4) is 0 Å². The maximum absolute atomic E-state index is 11.3. The molecule has 1 aromatic heterocycles. The third kappa shape index (κ3) is 3.20. The zero-order chi connectivity index (χ0) is 11.5. The van der Waals surface area contributed by atoms with Gasteiger partial charge in [0, 0.05) is 11.4 Å². The van der Waals surface area contributed by atoms with Crippen molar-refractivity contribution in [1.82, 2.24) is 5.32 Å². The summed E-state index contributed by atoms with van der Waals surface area (Å²) in [4.78, 5) is 12.3. The molecule has 1 aliphatic rings. The molecule has 0 bridgehead atoms. The summed E-state index contributed by atoms with van der Waals surface area (Å²) in [5.74, 6) is 0.263. The zero-order valence-electron chi connectivity index (χ0n) is 8.91. The second kappa shape index (κ2) is 5.17. The molecule has 0 aromatic carbocycles. The van der Waals surface area contributed by atoms with E-state index in [-0.39, 0.29) is 11.8 Å². The van der Waals surface area contributed by atoms with Crippen LogP contribution < -0.4 is 11.1 Å². The van der Waals surface area contributed by atoms with Gasteiger partial charge in [-0.1, -0.05) is 11.6 Å². The summed E-state index contributed by atoms with van der Waals surface area (Å²) in [6.07, 6.45) is 2.61. The average Bonchev–Trinajstić information content (AvgIpc) is 2.95. The van der Waals surface area contributed by atoms with E-state index in [1.54, 1.807) is 6.07 Å². The van der Waals surface area contributed by atoms with E-state index in [0.29, 0.717) is 10.9 Å². The highest BCUT2D eigenvalue weighted by Gasteiger charge is 2.23. The van der Waals surface area contributed by atoms with E-state index in [9.17, 15) is 4.79 Å². The number of halogens is 1. The number of nitrogens with two attached hydrogens (primary N) is 1. The first-order valence-corrected chi connectivity index (χ1v) is 6.61. The third-order valence-electron chi connectivity index (χ3n) is 2.76. The molecule has 1 fully saturated rings. The number of rotatable bonds is 6. The molecule has 5 heteroatoms. The molecule has 0 radical (unpaired) electrons. The molecule has 1 amide bonds. The van der Waals surface area contributed by atoms with Gasteiger partial charge in [-0.25, -0.2) is 0 Å². The molecule has 3 nitrogen and oxygen atoms in total. The van der Waals surface area contributed by atoms with Crippen molar-refractivity contribution >= 4 is 28.8 Å². The van der Waals surface area contributed by atoms with Crippen molar-refractivity contribution in [2.45, 2.75) is 18.8 Å². The van der Waals surface area contributed by atoms with Crippen molar-refractivity contribution in [3.63, 3.8) is 0 Å². The van der Waals surface area contributed by atoms with Crippen molar-refractivity contribution in [2.24, 2.45) is 11.7 Å². The van der Waals surface area contributed by atoms with Gasteiger partial charge in [0.1, 0.15) is 0 Å². The lowest BCUT2D eigenvalue weighted by Crippen LogP contribution is -2.31. The van der Waals surface area contributed by atoms with Crippen LogP contribution in [0.2, 0.25) is 4.34 Å². The molecule has 0 spiro atoms. The van der Waals surface area contributed by atoms with Crippen LogP contribution in [0.15, 0.2) is 12.1 Å². The van der Waals surface area contributed by atoms with E-state index in [0.717, 1.165) is 17.3 Å². The molecule has 3 N–H and O–H groups in total. The summed E-state index contributed by atoms with van der Waals surface area (Å²) < 4.78 is 0.698. The maximum Gasteiger partial charge on any atom is 0.227 e. The molecule has 0 unspecified atom stereocenters. The Bertz CT molecular complexity index is 376. The van der Waals surface area contributed by atoms with Gasteiger partial charge in [0.2, 0.25) is 5.91 Å². The average molecular weight is 259 g/mol. The van der Waals surface area contributed by atoms with E-state index in [2.05, 4.69) is 5.32 Å². The summed E-state index contributed by atoms with van der Waals surface area (Å²) in [6, 6.07) is 3.68. The van der Waals surface area contributed by atoms with Gasteiger partial charge in [0.05, 0.1) is 10.3 Å². The Balaban J connectivity index is 1.90. The molecular formula is C11H15ClN2OS. The maximum atomic E-state index is 11.3. The number of hydrogen-bond acceptors (Lipinski definition) is 3. The Morgan fingerprint density at radius 1 is 1.62 bits per heavy atom. The minimum atomic E-state index is -0.290. The Morgan fingerprint density at radius 3 is 2.88 bits per heavy atom. The fraction of sp³-hybridized carbons (Fsp3) is 0.545. The smallest absolute Gasteiger partial charge is 0.227 e. The molecule has 1 atom stereocenters. The first-order chi connectivity index (χ1) is 7.66. The van der Waals surface area contributed by atoms with Gasteiger partial charge in [-0.15, -0.1) is 11.3 Å². The van der Waals surface area contributed by atoms with Crippen molar-refractivity contribution in [2.75, 3.05) is 13.1 Å². The zero-order valence-corrected chi connectivity index (χ0v) is 10.5. The molecule has 0 aliphatic heterocycles. The number of primary amides is 1. The van der Waals surface area contributed by atoms with Crippen LogP contribution in [0.1, 0.15) is 23.6 Å². The van der Waals surface area contributed by atoms with Crippen LogP contribution in [-0.2, 0) is 4.79 Å². The summed E-state index contributed by atoms with van der Waals surface area (Å²) in [6.45, 7) is 1.60. The molecule has 1 heterocycles. The summed E-state index contributed by atoms with van der Waals surface area (Å²) in [5, 5.41) is 3.30. The predicted molar refractivity (Wildman–Crippen MR) is 66.9 cm³/mol. The minimum Gasteiger partial charge on any atom is -0.369 e. The summed E-state index contributed by atoms with van der Waals surface area (Å²) in [7, 11) is 0. The predicted octanol–water partition coefficient (Wildman–Crippen LogP) is 1.97. The monoisotopic (exact) mass is 258 g/mol. The van der Waals surface area contributed by atoms with E-state index in [1.165, 1.54) is 24.2 Å². The van der Waals surface area contributed by atoms with Crippen molar-refractivity contribution in [1.29, 1.82) is 0 Å². The van der Waals surface area contributed by atoms with Crippen molar-refractivity contribution in [3.05, 3.63) is 21.3 Å². The molecule has 0 saturated heterocycles. The van der Waals surface area contributed by atoms with Crippen LogP contribution in [0.5, 0.6) is 0 Å². The van der Waals surface area contributed by atoms with E-state index >= 15 is 0 Å². The first-order valence-electron chi connectivity index (χ1n) is 5.42. The second-order valence-electron chi connectivity index (χ2n) is 4.20. The highest BCUT2D eigenvalue weighted by atomic mass is 35.5. The number of amides is 1. The molecule has 16 heavy (non-hydrogen) atoms. The highest BCUT2D eigenvalue weighted by molar-refractivity contribution is 7.16. The van der Waals surface area contributed by atoms with Gasteiger partial charge in [-0.3, -0.25) is 4.79 Å². The number of carbonyl (C=O) groups excluding carboxylic acids is 1. The van der Waals surface area contributed by atoms with Gasteiger partial charge in [-0.05, 0) is 37.4 Å². The molecule has 88 valence electrons. The number of hydrogen-bond donors (Lipinski definition) is 2. The van der Waals surface area contributed by atoms with Gasteiger partial charge < -0.3 is 11.1 Å². The Hall–Kier alpha value is -0.580. The van der Waals surface area contributed by atoms with Crippen molar-refractivity contribution < 1.29 is 4.79 Å². The van der Waals surface area contributed by atoms with Gasteiger partial charge >= 0.3 is 0 Å². The van der Waals surface area contributed by atoms with Gasteiger partial charge in [0.15, 0.2) is 0 Å². The molecule has 1 saturated carbocycles. The van der Waals surface area contributed by atoms with Crippen LogP contribution in [0, 0.1) is 5.92 Å². The van der Waals surface area contributed by atoms with Crippen LogP contribution in [-0.4, -0.2) is 19.0 Å². The molecule has 1 aromatic rings. The normalized spacial score (nSPS) is 17.3. The molecular weight excluding hydrogens is 244 g/mol. The lowest BCUT2D eigenvalue weighted by Gasteiger charge is -2.12. The molecule has 2 rings (SSSR count). The van der Waals surface area contributed by atoms with Crippen molar-refractivity contribution in [3.8, 4) is 0 Å². The second-order valence-corrected chi connectivity index (χ2v) is 5.95. The topological polar surface area (TPSA) is 55.1 Å². The SMILES string of the molecule is NC(=O)[C@H](CNCC1CC1)c1ccc(Cl)s1. The standard InChI is InChI=1S/C11H15ClN2OS/c12-10-4-3-9(16-10)8(11(13)15)6-14-5-7-1-2-7/h3-4,7-8,14H,1-2,5-6H2,(H2,13,15)/t8-/m1/s1. The fourth-order valence-corrected chi connectivity index (χ4v) is 2.78. The number of thiophene rings is 1. The Labute approximate surface area is 104 Å². The van der Waals surface area contributed by atoms with Crippen LogP contribution in [0.4, 0.5) is 0 Å². The van der Waals surface area contributed by atoms with Gasteiger partial charge in [-0.2, -0.15) is 0 Å². The lowest BCUT2D eigenvalue weighted by molar-refractivity contribution is -0.119. The lowest BCUT2D eigenvalue weighted by atomic mass is 10.1. The number of nitrogens with one attached hydrogen (secondary N) is 1. The number of carbonyl (C=O) groups is 1. The highest BCUT2D eigenvalue weighted by Crippen LogP contribution is 2.29. The third-order valence-corrected chi connectivity index (χ3v) is 4.10. The first kappa shape index (κ1) is 11.9. The van der Waals surface area contributed by atoms with E-state index < -0.39 is 0 Å². The summed E-state index contributed by atoms with van der Waals surface area (Å²) in [5.41, 5.74) is 5.40. The Kier molecular flexibility index (Phi) is 3.84. The largest absolute Gasteiger partial charge is 0.369 e. The van der Waals surface area contributed by atoms with E-state index in [4.69, 9.17) is 17.3 Å². The van der Waals surface area contributed by atoms with Gasteiger partial charge in [0.25, 0.3) is 0 Å². The van der Waals surface area contributed by atoms with Crippen LogP contribution >= 0.6 is 22.9 Å². The summed E-state index contributed by atoms with van der Waals surface area (Å²) >= 11 is 7.27. The fourth-order valence-electron chi connectivity index (χ4n) is 1.61. The minimum absolute atomic E-state index is 0.253. The quantitative estimate of drug-likeness (QED) is 0.820. The Morgan fingerprint density at radius 2 is 2.38 bits per heavy atom. The van der Waals surface area contributed by atoms with E-state index in [1.807, 2.05) is 6.07 Å².